The van der Waals surface area contributed by atoms with Crippen molar-refractivity contribution >= 4 is 5.91 Å². The van der Waals surface area contributed by atoms with E-state index in [1.54, 1.807) is 12.1 Å². The molecule has 0 saturated heterocycles. The van der Waals surface area contributed by atoms with Crippen LogP contribution in [0.5, 0.6) is 5.88 Å². The molecule has 0 fully saturated rings. The average molecular weight is 274 g/mol. The normalized spacial score (nSPS) is 11.9. The topological polar surface area (TPSA) is 64.4 Å². The van der Waals surface area contributed by atoms with Crippen LogP contribution in [0.1, 0.15) is 41.8 Å². The summed E-state index contributed by atoms with van der Waals surface area (Å²) in [6.07, 6.45) is 1.50. The van der Waals surface area contributed by atoms with E-state index in [-0.39, 0.29) is 11.9 Å². The monoisotopic (exact) mass is 274 g/mol. The summed E-state index contributed by atoms with van der Waals surface area (Å²) in [7, 11) is 0. The molecule has 1 atom stereocenters. The van der Waals surface area contributed by atoms with Crippen LogP contribution >= 0.6 is 0 Å². The van der Waals surface area contributed by atoms with Gasteiger partial charge in [-0.15, -0.1) is 0 Å². The third-order valence-corrected chi connectivity index (χ3v) is 2.83. The van der Waals surface area contributed by atoms with Crippen molar-refractivity contribution in [2.75, 3.05) is 6.61 Å². The number of amides is 1. The molecule has 1 unspecified atom stereocenters. The minimum Gasteiger partial charge on any atom is -0.478 e. The number of carbonyl (C=O) groups excluding carboxylic acids is 1. The quantitative estimate of drug-likeness (QED) is 0.910. The second kappa shape index (κ2) is 6.23. The Bertz CT molecular complexity index is 575. The molecule has 5 heteroatoms. The zero-order valence-electron chi connectivity index (χ0n) is 11.8. The lowest BCUT2D eigenvalue weighted by Crippen LogP contribution is -2.26. The number of aryl methyl sites for hydroxylation is 1. The molecule has 5 nitrogen and oxygen atoms in total. The maximum Gasteiger partial charge on any atom is 0.253 e. The standard InChI is InChI=1S/C15H18N2O3/c1-4-19-14-8-6-12(9-16-14)15(18)17-11(3)13-7-5-10(2)20-13/h5-9,11H,4H2,1-3H3,(H,17,18). The summed E-state index contributed by atoms with van der Waals surface area (Å²) in [4.78, 5) is 16.1. The summed E-state index contributed by atoms with van der Waals surface area (Å²) in [5, 5.41) is 2.86. The van der Waals surface area contributed by atoms with E-state index in [1.165, 1.54) is 6.20 Å². The van der Waals surface area contributed by atoms with Gasteiger partial charge in [-0.05, 0) is 39.0 Å². The molecule has 0 bridgehead atoms. The van der Waals surface area contributed by atoms with E-state index < -0.39 is 0 Å². The Labute approximate surface area is 118 Å². The Morgan fingerprint density at radius 1 is 1.40 bits per heavy atom. The van der Waals surface area contributed by atoms with Crippen LogP contribution in [-0.4, -0.2) is 17.5 Å². The summed E-state index contributed by atoms with van der Waals surface area (Å²) in [6, 6.07) is 6.91. The maximum atomic E-state index is 12.1. The van der Waals surface area contributed by atoms with E-state index in [4.69, 9.17) is 9.15 Å². The molecule has 0 aliphatic carbocycles. The van der Waals surface area contributed by atoms with E-state index >= 15 is 0 Å². The molecule has 0 aromatic carbocycles. The van der Waals surface area contributed by atoms with E-state index in [9.17, 15) is 4.79 Å². The van der Waals surface area contributed by atoms with Gasteiger partial charge in [-0.2, -0.15) is 0 Å². The van der Waals surface area contributed by atoms with Gasteiger partial charge >= 0.3 is 0 Å². The number of hydrogen-bond donors (Lipinski definition) is 1. The van der Waals surface area contributed by atoms with Gasteiger partial charge in [0.1, 0.15) is 11.5 Å². The summed E-state index contributed by atoms with van der Waals surface area (Å²) in [6.45, 7) is 6.18. The molecule has 0 aliphatic heterocycles. The summed E-state index contributed by atoms with van der Waals surface area (Å²) >= 11 is 0. The maximum absolute atomic E-state index is 12.1. The van der Waals surface area contributed by atoms with Gasteiger partial charge in [0.05, 0.1) is 18.2 Å². The lowest BCUT2D eigenvalue weighted by atomic mass is 10.2. The zero-order chi connectivity index (χ0) is 14.5. The predicted molar refractivity (Wildman–Crippen MR) is 74.7 cm³/mol. The van der Waals surface area contributed by atoms with Gasteiger partial charge < -0.3 is 14.5 Å². The van der Waals surface area contributed by atoms with Crippen molar-refractivity contribution in [1.29, 1.82) is 0 Å². The fourth-order valence-electron chi connectivity index (χ4n) is 1.79. The molecule has 20 heavy (non-hydrogen) atoms. The van der Waals surface area contributed by atoms with E-state index in [2.05, 4.69) is 10.3 Å². The summed E-state index contributed by atoms with van der Waals surface area (Å²) in [5.74, 6) is 1.87. The van der Waals surface area contributed by atoms with Crippen LogP contribution in [0.25, 0.3) is 0 Å². The summed E-state index contributed by atoms with van der Waals surface area (Å²) in [5.41, 5.74) is 0.489. The van der Waals surface area contributed by atoms with Gasteiger partial charge in [0.2, 0.25) is 5.88 Å². The Morgan fingerprint density at radius 3 is 2.75 bits per heavy atom. The molecule has 0 radical (unpaired) electrons. The number of nitrogens with one attached hydrogen (secondary N) is 1. The number of pyridine rings is 1. The van der Waals surface area contributed by atoms with E-state index in [1.807, 2.05) is 32.9 Å². The molecule has 0 aliphatic rings. The van der Waals surface area contributed by atoms with Gasteiger partial charge in [0.25, 0.3) is 5.91 Å². The van der Waals surface area contributed by atoms with Gasteiger partial charge in [0, 0.05) is 12.3 Å². The minimum absolute atomic E-state index is 0.192. The predicted octanol–water partition coefficient (Wildman–Crippen LogP) is 2.87. The molecule has 2 heterocycles. The van der Waals surface area contributed by atoms with Crippen LogP contribution in [0.3, 0.4) is 0 Å². The van der Waals surface area contributed by atoms with Gasteiger partial charge in [-0.1, -0.05) is 0 Å². The third kappa shape index (κ3) is 3.38. The highest BCUT2D eigenvalue weighted by molar-refractivity contribution is 5.94. The molecule has 1 N–H and O–H groups in total. The number of ether oxygens (including phenoxy) is 1. The van der Waals surface area contributed by atoms with Crippen molar-refractivity contribution in [1.82, 2.24) is 10.3 Å². The number of rotatable bonds is 5. The number of hydrogen-bond acceptors (Lipinski definition) is 4. The molecule has 2 aromatic heterocycles. The first-order valence-corrected chi connectivity index (χ1v) is 6.56. The van der Waals surface area contributed by atoms with Gasteiger partial charge in [0.15, 0.2) is 0 Å². The molecular formula is C15H18N2O3. The third-order valence-electron chi connectivity index (χ3n) is 2.83. The average Bonchev–Trinajstić information content (AvgIpc) is 2.86. The Morgan fingerprint density at radius 2 is 2.20 bits per heavy atom. The van der Waals surface area contributed by atoms with Gasteiger partial charge in [-0.25, -0.2) is 4.98 Å². The Balaban J connectivity index is 2.00. The molecular weight excluding hydrogens is 256 g/mol. The molecule has 2 rings (SSSR count). The highest BCUT2D eigenvalue weighted by atomic mass is 16.5. The van der Waals surface area contributed by atoms with Crippen LogP contribution in [0.2, 0.25) is 0 Å². The van der Waals surface area contributed by atoms with Crippen LogP contribution in [-0.2, 0) is 0 Å². The molecule has 0 spiro atoms. The highest BCUT2D eigenvalue weighted by Crippen LogP contribution is 2.16. The number of aromatic nitrogens is 1. The van der Waals surface area contributed by atoms with E-state index in [0.29, 0.717) is 18.1 Å². The first-order chi connectivity index (χ1) is 9.60. The van der Waals surface area contributed by atoms with Crippen molar-refractivity contribution in [2.24, 2.45) is 0 Å². The smallest absolute Gasteiger partial charge is 0.253 e. The number of carbonyl (C=O) groups is 1. The lowest BCUT2D eigenvalue weighted by Gasteiger charge is -2.11. The molecule has 106 valence electrons. The van der Waals surface area contributed by atoms with Crippen molar-refractivity contribution in [3.8, 4) is 5.88 Å². The van der Waals surface area contributed by atoms with Crippen molar-refractivity contribution < 1.29 is 13.9 Å². The van der Waals surface area contributed by atoms with Crippen LogP contribution < -0.4 is 10.1 Å². The fourth-order valence-corrected chi connectivity index (χ4v) is 1.79. The number of nitrogens with zero attached hydrogens (tertiary/aromatic N) is 1. The highest BCUT2D eigenvalue weighted by Gasteiger charge is 2.14. The van der Waals surface area contributed by atoms with Crippen molar-refractivity contribution in [3.63, 3.8) is 0 Å². The fraction of sp³-hybridized carbons (Fsp3) is 0.333. The Hall–Kier alpha value is -2.30. The van der Waals surface area contributed by atoms with Crippen molar-refractivity contribution in [2.45, 2.75) is 26.8 Å². The largest absolute Gasteiger partial charge is 0.478 e. The van der Waals surface area contributed by atoms with Gasteiger partial charge in [-0.3, -0.25) is 4.79 Å². The molecule has 2 aromatic rings. The second-order valence-corrected chi connectivity index (χ2v) is 4.46. The summed E-state index contributed by atoms with van der Waals surface area (Å²) < 4.78 is 10.7. The van der Waals surface area contributed by atoms with Crippen molar-refractivity contribution in [3.05, 3.63) is 47.5 Å². The van der Waals surface area contributed by atoms with E-state index in [0.717, 1.165) is 11.5 Å². The molecule has 1 amide bonds. The first-order valence-electron chi connectivity index (χ1n) is 6.56. The molecule has 0 saturated carbocycles. The van der Waals surface area contributed by atoms with Crippen LogP contribution in [0.4, 0.5) is 0 Å². The second-order valence-electron chi connectivity index (χ2n) is 4.46. The van der Waals surface area contributed by atoms with Crippen LogP contribution in [0, 0.1) is 6.92 Å². The number of furan rings is 1. The zero-order valence-corrected chi connectivity index (χ0v) is 11.8. The SMILES string of the molecule is CCOc1ccc(C(=O)NC(C)c2ccc(C)o2)cn1. The minimum atomic E-state index is -0.192. The lowest BCUT2D eigenvalue weighted by molar-refractivity contribution is 0.0934. The van der Waals surface area contributed by atoms with Crippen LogP contribution in [0.15, 0.2) is 34.9 Å². The first kappa shape index (κ1) is 14.1. The Kier molecular flexibility index (Phi) is 4.40.